The first-order valence-corrected chi connectivity index (χ1v) is 12.7. The van der Waals surface area contributed by atoms with E-state index in [1.807, 2.05) is 24.1 Å². The quantitative estimate of drug-likeness (QED) is 0.513. The lowest BCUT2D eigenvalue weighted by Crippen LogP contribution is -2.49. The first-order valence-electron chi connectivity index (χ1n) is 12.7. The number of hydrogen-bond donors (Lipinski definition) is 1. The number of hydrogen-bond acceptors (Lipinski definition) is 8. The lowest BCUT2D eigenvalue weighted by atomic mass is 9.85. The number of carbonyl (C=O) groups excluding carboxylic acids is 1. The van der Waals surface area contributed by atoms with Gasteiger partial charge in [0.1, 0.15) is 18.3 Å². The second-order valence-electron chi connectivity index (χ2n) is 9.68. The molecular formula is C26H34FN7O3. The van der Waals surface area contributed by atoms with Gasteiger partial charge in [0, 0.05) is 51.2 Å². The highest BCUT2D eigenvalue weighted by Crippen LogP contribution is 2.35. The second kappa shape index (κ2) is 11.1. The number of fused-ring (bicyclic) bond motifs is 1. The zero-order chi connectivity index (χ0) is 25.9. The van der Waals surface area contributed by atoms with Crippen molar-refractivity contribution in [3.8, 4) is 5.82 Å². The van der Waals surface area contributed by atoms with Crippen molar-refractivity contribution in [1.82, 2.24) is 30.0 Å². The molecule has 3 atom stereocenters. The zero-order valence-corrected chi connectivity index (χ0v) is 21.6. The van der Waals surface area contributed by atoms with Gasteiger partial charge in [-0.3, -0.25) is 9.69 Å². The van der Waals surface area contributed by atoms with E-state index in [0.29, 0.717) is 44.5 Å². The van der Waals surface area contributed by atoms with E-state index < -0.39 is 12.3 Å². The number of anilines is 1. The molecule has 1 aromatic carbocycles. The number of halogens is 1. The summed E-state index contributed by atoms with van der Waals surface area (Å²) >= 11 is 0. The summed E-state index contributed by atoms with van der Waals surface area (Å²) < 4.78 is 27.9. The van der Waals surface area contributed by atoms with Crippen molar-refractivity contribution in [2.24, 2.45) is 0 Å². The van der Waals surface area contributed by atoms with Gasteiger partial charge in [-0.05, 0) is 43.1 Å². The van der Waals surface area contributed by atoms with E-state index in [1.54, 1.807) is 18.8 Å². The van der Waals surface area contributed by atoms with Crippen molar-refractivity contribution < 1.29 is 18.7 Å². The van der Waals surface area contributed by atoms with Gasteiger partial charge in [0.05, 0.1) is 31.5 Å². The normalized spacial score (nSPS) is 22.9. The number of aromatic nitrogens is 4. The van der Waals surface area contributed by atoms with E-state index in [9.17, 15) is 4.79 Å². The summed E-state index contributed by atoms with van der Waals surface area (Å²) in [5.74, 6) is 0.993. The predicted molar refractivity (Wildman–Crippen MR) is 138 cm³/mol. The Morgan fingerprint density at radius 2 is 2.05 bits per heavy atom. The molecule has 2 aliphatic heterocycles. The lowest BCUT2D eigenvalue weighted by Gasteiger charge is -2.35. The molecule has 5 rings (SSSR count). The standard InChI is InChI=1S/C26H34FN7O3/c1-17-10-18-13-31-34(22(18)11-20(17)19-4-5-32(6-8-36-3)14-21(19)27)25-12-24(29-16-30-25)33-7-9-37-23(15-33)26(35)28-2/h10-13,16,19,21,23H,4-9,14-15H2,1-3H3,(H,28,35)/t19-,21-,23-/m1/s1. The highest BCUT2D eigenvalue weighted by atomic mass is 19.1. The molecule has 4 heterocycles. The van der Waals surface area contributed by atoms with Gasteiger partial charge in [0.25, 0.3) is 5.91 Å². The van der Waals surface area contributed by atoms with Gasteiger partial charge in [0.2, 0.25) is 0 Å². The number of likely N-dealkylation sites (N-methyl/N-ethyl adjacent to an activating group) is 1. The number of nitrogens with zero attached hydrogens (tertiary/aromatic N) is 6. The average molecular weight is 512 g/mol. The number of amides is 1. The van der Waals surface area contributed by atoms with Gasteiger partial charge < -0.3 is 19.7 Å². The summed E-state index contributed by atoms with van der Waals surface area (Å²) in [6.07, 6.45) is 2.57. The molecule has 0 radical (unpaired) electrons. The fraction of sp³-hybridized carbons (Fsp3) is 0.538. The molecular weight excluding hydrogens is 477 g/mol. The first-order chi connectivity index (χ1) is 18.0. The van der Waals surface area contributed by atoms with Crippen LogP contribution in [-0.2, 0) is 14.3 Å². The molecule has 37 heavy (non-hydrogen) atoms. The van der Waals surface area contributed by atoms with Crippen LogP contribution in [0, 0.1) is 6.92 Å². The summed E-state index contributed by atoms with van der Waals surface area (Å²) in [7, 11) is 3.27. The highest BCUT2D eigenvalue weighted by molar-refractivity contribution is 5.82. The number of ether oxygens (including phenoxy) is 2. The van der Waals surface area contributed by atoms with Gasteiger partial charge in [-0.25, -0.2) is 19.0 Å². The van der Waals surface area contributed by atoms with E-state index in [1.165, 1.54) is 6.33 Å². The summed E-state index contributed by atoms with van der Waals surface area (Å²) in [6, 6.07) is 6.01. The Morgan fingerprint density at radius 1 is 1.22 bits per heavy atom. The summed E-state index contributed by atoms with van der Waals surface area (Å²) in [5.41, 5.74) is 2.97. The maximum absolute atomic E-state index is 15.3. The van der Waals surface area contributed by atoms with E-state index in [2.05, 4.69) is 37.4 Å². The molecule has 2 aromatic heterocycles. The van der Waals surface area contributed by atoms with E-state index in [-0.39, 0.29) is 11.8 Å². The molecule has 1 N–H and O–H groups in total. The van der Waals surface area contributed by atoms with Crippen molar-refractivity contribution in [1.29, 1.82) is 0 Å². The first kappa shape index (κ1) is 25.5. The smallest absolute Gasteiger partial charge is 0.250 e. The molecule has 2 aliphatic rings. The van der Waals surface area contributed by atoms with Crippen LogP contribution in [0.5, 0.6) is 0 Å². The van der Waals surface area contributed by atoms with Crippen LogP contribution in [0.4, 0.5) is 10.2 Å². The van der Waals surface area contributed by atoms with Crippen molar-refractivity contribution in [3.63, 3.8) is 0 Å². The number of nitrogens with one attached hydrogen (secondary N) is 1. The summed E-state index contributed by atoms with van der Waals surface area (Å²) in [4.78, 5) is 25.1. The Kier molecular flexibility index (Phi) is 7.63. The third-order valence-electron chi connectivity index (χ3n) is 7.38. The number of piperidine rings is 1. The monoisotopic (exact) mass is 511 g/mol. The van der Waals surface area contributed by atoms with Crippen molar-refractivity contribution in [2.75, 3.05) is 65.0 Å². The van der Waals surface area contributed by atoms with E-state index in [4.69, 9.17) is 9.47 Å². The van der Waals surface area contributed by atoms with Crippen LogP contribution in [0.25, 0.3) is 16.7 Å². The third-order valence-corrected chi connectivity index (χ3v) is 7.38. The Balaban J connectivity index is 1.41. The van der Waals surface area contributed by atoms with E-state index in [0.717, 1.165) is 41.5 Å². The minimum absolute atomic E-state index is 0.157. The number of methoxy groups -OCH3 is 1. The van der Waals surface area contributed by atoms with Crippen LogP contribution in [0.1, 0.15) is 23.5 Å². The average Bonchev–Trinajstić information content (AvgIpc) is 3.34. The molecule has 0 aliphatic carbocycles. The number of likely N-dealkylation sites (tertiary alicyclic amines) is 1. The molecule has 11 heteroatoms. The zero-order valence-electron chi connectivity index (χ0n) is 21.6. The number of benzene rings is 1. The Bertz CT molecular complexity index is 1250. The second-order valence-corrected chi connectivity index (χ2v) is 9.68. The van der Waals surface area contributed by atoms with Crippen molar-refractivity contribution in [2.45, 2.75) is 31.5 Å². The molecule has 0 spiro atoms. The molecule has 3 aromatic rings. The van der Waals surface area contributed by atoms with Crippen molar-refractivity contribution >= 4 is 22.6 Å². The summed E-state index contributed by atoms with van der Waals surface area (Å²) in [5, 5.41) is 8.22. The predicted octanol–water partition coefficient (Wildman–Crippen LogP) is 1.85. The Hall–Kier alpha value is -3.15. The summed E-state index contributed by atoms with van der Waals surface area (Å²) in [6.45, 7) is 6.11. The maximum atomic E-state index is 15.3. The largest absolute Gasteiger partial charge is 0.383 e. The molecule has 0 bridgehead atoms. The van der Waals surface area contributed by atoms with Crippen LogP contribution in [-0.4, -0.2) is 103 Å². The molecule has 10 nitrogen and oxygen atoms in total. The molecule has 0 unspecified atom stereocenters. The minimum Gasteiger partial charge on any atom is -0.383 e. The fourth-order valence-corrected chi connectivity index (χ4v) is 5.33. The van der Waals surface area contributed by atoms with E-state index >= 15 is 4.39 Å². The molecule has 198 valence electrons. The molecule has 2 fully saturated rings. The number of aryl methyl sites for hydroxylation is 1. The van der Waals surface area contributed by atoms with Gasteiger partial charge >= 0.3 is 0 Å². The lowest BCUT2D eigenvalue weighted by molar-refractivity contribution is -0.132. The molecule has 0 saturated carbocycles. The third kappa shape index (κ3) is 5.29. The SMILES string of the molecule is CNC(=O)[C@H]1CN(c2cc(-n3ncc4cc(C)c([C@H]5CCN(CCOC)C[C@H]5F)cc43)ncn2)CCO1. The fourth-order valence-electron chi connectivity index (χ4n) is 5.33. The molecule has 2 saturated heterocycles. The van der Waals surface area contributed by atoms with Crippen LogP contribution < -0.4 is 10.2 Å². The van der Waals surface area contributed by atoms with Gasteiger partial charge in [-0.1, -0.05) is 0 Å². The van der Waals surface area contributed by atoms with Crippen molar-refractivity contribution in [3.05, 3.63) is 41.9 Å². The van der Waals surface area contributed by atoms with Gasteiger partial charge in [-0.2, -0.15) is 5.10 Å². The highest BCUT2D eigenvalue weighted by Gasteiger charge is 2.32. The Labute approximate surface area is 215 Å². The molecule has 1 amide bonds. The van der Waals surface area contributed by atoms with Gasteiger partial charge in [-0.15, -0.1) is 0 Å². The number of carbonyl (C=O) groups is 1. The van der Waals surface area contributed by atoms with Crippen LogP contribution in [0.2, 0.25) is 0 Å². The maximum Gasteiger partial charge on any atom is 0.250 e. The van der Waals surface area contributed by atoms with Gasteiger partial charge in [0.15, 0.2) is 11.9 Å². The Morgan fingerprint density at radius 3 is 2.84 bits per heavy atom. The van der Waals surface area contributed by atoms with Crippen LogP contribution in [0.3, 0.4) is 0 Å². The van der Waals surface area contributed by atoms with Crippen LogP contribution in [0.15, 0.2) is 30.7 Å². The number of alkyl halides is 1. The topological polar surface area (TPSA) is 97.6 Å². The number of rotatable bonds is 7. The minimum atomic E-state index is -0.946. The number of morpholine rings is 1. The van der Waals surface area contributed by atoms with Crippen LogP contribution >= 0.6 is 0 Å².